The van der Waals surface area contributed by atoms with Gasteiger partial charge in [-0.15, -0.1) is 0 Å². The SMILES string of the molecule is Nc1ncnc(Cc2ccccc2)n1. The van der Waals surface area contributed by atoms with E-state index in [1.807, 2.05) is 30.3 Å². The van der Waals surface area contributed by atoms with Crippen molar-refractivity contribution in [2.45, 2.75) is 6.42 Å². The normalized spacial score (nSPS) is 10.0. The van der Waals surface area contributed by atoms with Gasteiger partial charge in [0.2, 0.25) is 5.95 Å². The Hall–Kier alpha value is -1.97. The van der Waals surface area contributed by atoms with Crippen molar-refractivity contribution >= 4 is 5.95 Å². The second-order valence-electron chi connectivity index (χ2n) is 2.92. The van der Waals surface area contributed by atoms with Crippen molar-refractivity contribution in [1.29, 1.82) is 0 Å². The lowest BCUT2D eigenvalue weighted by Crippen LogP contribution is -2.02. The first-order chi connectivity index (χ1) is 6.84. The third-order valence-corrected chi connectivity index (χ3v) is 1.85. The summed E-state index contributed by atoms with van der Waals surface area (Å²) in [6, 6.07) is 10.0. The molecule has 4 heteroatoms. The van der Waals surface area contributed by atoms with Crippen molar-refractivity contribution in [3.8, 4) is 0 Å². The van der Waals surface area contributed by atoms with Gasteiger partial charge in [-0.1, -0.05) is 30.3 Å². The van der Waals surface area contributed by atoms with Gasteiger partial charge in [0.05, 0.1) is 0 Å². The van der Waals surface area contributed by atoms with Gasteiger partial charge in [0.1, 0.15) is 12.2 Å². The molecule has 0 atom stereocenters. The van der Waals surface area contributed by atoms with E-state index in [2.05, 4.69) is 15.0 Å². The summed E-state index contributed by atoms with van der Waals surface area (Å²) in [5.41, 5.74) is 6.61. The smallest absolute Gasteiger partial charge is 0.223 e. The average Bonchev–Trinajstić information content (AvgIpc) is 2.19. The molecule has 0 amide bonds. The quantitative estimate of drug-likeness (QED) is 0.761. The van der Waals surface area contributed by atoms with E-state index in [1.54, 1.807) is 0 Å². The molecule has 70 valence electrons. The topological polar surface area (TPSA) is 64.7 Å². The highest BCUT2D eigenvalue weighted by Crippen LogP contribution is 2.04. The second-order valence-corrected chi connectivity index (χ2v) is 2.92. The van der Waals surface area contributed by atoms with E-state index >= 15 is 0 Å². The minimum atomic E-state index is 0.269. The minimum absolute atomic E-state index is 0.269. The molecule has 0 aliphatic carbocycles. The molecule has 0 saturated carbocycles. The first kappa shape index (κ1) is 8.62. The molecule has 2 rings (SSSR count). The summed E-state index contributed by atoms with van der Waals surface area (Å²) < 4.78 is 0. The molecule has 0 aliphatic heterocycles. The van der Waals surface area contributed by atoms with Gasteiger partial charge in [-0.3, -0.25) is 0 Å². The lowest BCUT2D eigenvalue weighted by atomic mass is 10.1. The van der Waals surface area contributed by atoms with E-state index in [-0.39, 0.29) is 5.95 Å². The number of benzene rings is 1. The number of nitrogens with zero attached hydrogens (tertiary/aromatic N) is 3. The predicted octanol–water partition coefficient (Wildman–Crippen LogP) is 1.04. The fourth-order valence-corrected chi connectivity index (χ4v) is 1.21. The molecular formula is C10H10N4. The molecule has 0 unspecified atom stereocenters. The highest BCUT2D eigenvalue weighted by Gasteiger charge is 1.98. The summed E-state index contributed by atoms with van der Waals surface area (Å²) in [5.74, 6) is 0.967. The van der Waals surface area contributed by atoms with Crippen LogP contribution in [0.2, 0.25) is 0 Å². The number of hydrogen-bond acceptors (Lipinski definition) is 4. The van der Waals surface area contributed by atoms with Crippen LogP contribution in [0.4, 0.5) is 5.95 Å². The zero-order chi connectivity index (χ0) is 9.80. The van der Waals surface area contributed by atoms with Crippen LogP contribution in [0.25, 0.3) is 0 Å². The Morgan fingerprint density at radius 1 is 1.07 bits per heavy atom. The van der Waals surface area contributed by atoms with Gasteiger partial charge in [0, 0.05) is 6.42 Å². The molecule has 0 aliphatic rings. The Bertz CT molecular complexity index is 413. The Morgan fingerprint density at radius 3 is 2.57 bits per heavy atom. The summed E-state index contributed by atoms with van der Waals surface area (Å²) >= 11 is 0. The van der Waals surface area contributed by atoms with Crippen molar-refractivity contribution in [1.82, 2.24) is 15.0 Å². The Morgan fingerprint density at radius 2 is 1.86 bits per heavy atom. The number of nitrogen functional groups attached to an aromatic ring is 1. The molecule has 1 aromatic heterocycles. The first-order valence-corrected chi connectivity index (χ1v) is 4.32. The molecule has 1 heterocycles. The number of anilines is 1. The second kappa shape index (κ2) is 3.83. The third-order valence-electron chi connectivity index (χ3n) is 1.85. The fourth-order valence-electron chi connectivity index (χ4n) is 1.21. The van der Waals surface area contributed by atoms with Gasteiger partial charge in [0.15, 0.2) is 0 Å². The zero-order valence-corrected chi connectivity index (χ0v) is 7.59. The van der Waals surface area contributed by atoms with Gasteiger partial charge in [-0.2, -0.15) is 4.98 Å². The van der Waals surface area contributed by atoms with Crippen molar-refractivity contribution in [2.75, 3.05) is 5.73 Å². The number of nitrogens with two attached hydrogens (primary N) is 1. The van der Waals surface area contributed by atoms with Gasteiger partial charge in [-0.25, -0.2) is 9.97 Å². The van der Waals surface area contributed by atoms with E-state index < -0.39 is 0 Å². The van der Waals surface area contributed by atoms with Crippen LogP contribution in [0.5, 0.6) is 0 Å². The molecule has 14 heavy (non-hydrogen) atoms. The Kier molecular flexibility index (Phi) is 2.36. The molecule has 0 fully saturated rings. The maximum Gasteiger partial charge on any atom is 0.223 e. The van der Waals surface area contributed by atoms with Crippen LogP contribution in [-0.2, 0) is 6.42 Å². The van der Waals surface area contributed by atoms with Crippen LogP contribution in [0.3, 0.4) is 0 Å². The molecule has 4 nitrogen and oxygen atoms in total. The van der Waals surface area contributed by atoms with Crippen LogP contribution >= 0.6 is 0 Å². The zero-order valence-electron chi connectivity index (χ0n) is 7.59. The Balaban J connectivity index is 2.19. The number of hydrogen-bond donors (Lipinski definition) is 1. The average molecular weight is 186 g/mol. The van der Waals surface area contributed by atoms with Crippen molar-refractivity contribution in [3.63, 3.8) is 0 Å². The summed E-state index contributed by atoms with van der Waals surface area (Å²) in [7, 11) is 0. The number of rotatable bonds is 2. The maximum atomic E-state index is 5.45. The summed E-state index contributed by atoms with van der Waals surface area (Å²) in [6.07, 6.45) is 2.12. The largest absolute Gasteiger partial charge is 0.368 e. The van der Waals surface area contributed by atoms with Crippen LogP contribution < -0.4 is 5.73 Å². The highest BCUT2D eigenvalue weighted by molar-refractivity contribution is 5.20. The monoisotopic (exact) mass is 186 g/mol. The molecule has 1 aromatic carbocycles. The van der Waals surface area contributed by atoms with E-state index in [9.17, 15) is 0 Å². The Labute approximate surface area is 81.9 Å². The highest BCUT2D eigenvalue weighted by atomic mass is 15.1. The third kappa shape index (κ3) is 2.04. The summed E-state index contributed by atoms with van der Waals surface area (Å²) in [6.45, 7) is 0. The van der Waals surface area contributed by atoms with Crippen LogP contribution in [-0.4, -0.2) is 15.0 Å². The first-order valence-electron chi connectivity index (χ1n) is 4.32. The molecule has 0 bridgehead atoms. The van der Waals surface area contributed by atoms with Crippen LogP contribution in [0, 0.1) is 0 Å². The molecular weight excluding hydrogens is 176 g/mol. The predicted molar refractivity (Wildman–Crippen MR) is 53.5 cm³/mol. The molecule has 0 saturated heterocycles. The van der Waals surface area contributed by atoms with Crippen LogP contribution in [0.15, 0.2) is 36.7 Å². The standard InChI is InChI=1S/C10H10N4/c11-10-13-7-12-9(14-10)6-8-4-2-1-3-5-8/h1-5,7H,6H2,(H2,11,12,13,14). The van der Waals surface area contributed by atoms with Gasteiger partial charge in [0.25, 0.3) is 0 Å². The van der Waals surface area contributed by atoms with E-state index in [0.717, 1.165) is 5.56 Å². The lowest BCUT2D eigenvalue weighted by molar-refractivity contribution is 0.929. The maximum absolute atomic E-state index is 5.45. The molecule has 0 spiro atoms. The summed E-state index contributed by atoms with van der Waals surface area (Å²) in [5, 5.41) is 0. The lowest BCUT2D eigenvalue weighted by Gasteiger charge is -1.99. The van der Waals surface area contributed by atoms with E-state index in [4.69, 9.17) is 5.73 Å². The minimum Gasteiger partial charge on any atom is -0.368 e. The molecule has 0 radical (unpaired) electrons. The van der Waals surface area contributed by atoms with Crippen molar-refractivity contribution in [2.24, 2.45) is 0 Å². The van der Waals surface area contributed by atoms with E-state index in [0.29, 0.717) is 12.2 Å². The summed E-state index contributed by atoms with van der Waals surface area (Å²) in [4.78, 5) is 11.8. The van der Waals surface area contributed by atoms with Gasteiger partial charge < -0.3 is 5.73 Å². The fraction of sp³-hybridized carbons (Fsp3) is 0.100. The molecule has 2 aromatic rings. The van der Waals surface area contributed by atoms with Gasteiger partial charge in [-0.05, 0) is 5.56 Å². The van der Waals surface area contributed by atoms with Crippen molar-refractivity contribution in [3.05, 3.63) is 48.0 Å². The van der Waals surface area contributed by atoms with Crippen molar-refractivity contribution < 1.29 is 0 Å². The van der Waals surface area contributed by atoms with E-state index in [1.165, 1.54) is 6.33 Å². The van der Waals surface area contributed by atoms with Crippen LogP contribution in [0.1, 0.15) is 11.4 Å². The van der Waals surface area contributed by atoms with Gasteiger partial charge >= 0.3 is 0 Å². The molecule has 2 N–H and O–H groups in total. The number of aromatic nitrogens is 3.